The minimum absolute atomic E-state index is 0.0546. The number of imidazole rings is 1. The Morgan fingerprint density at radius 3 is 2.33 bits per heavy atom. The van der Waals surface area contributed by atoms with E-state index in [-0.39, 0.29) is 53.3 Å². The van der Waals surface area contributed by atoms with Crippen LogP contribution in [0.25, 0.3) is 22.3 Å². The van der Waals surface area contributed by atoms with Gasteiger partial charge in [-0.3, -0.25) is 19.5 Å². The molecule has 2 aliphatic carbocycles. The van der Waals surface area contributed by atoms with Crippen LogP contribution in [0.15, 0.2) is 30.7 Å². The van der Waals surface area contributed by atoms with Crippen molar-refractivity contribution in [2.45, 2.75) is 121 Å². The number of rotatable bonds is 9. The van der Waals surface area contributed by atoms with Crippen molar-refractivity contribution in [2.24, 2.45) is 0 Å². The molecule has 4 aliphatic rings. The molecular formula is C40H45F5N8O2. The topological polar surface area (TPSA) is 108 Å². The number of halogens is 5. The van der Waals surface area contributed by atoms with Gasteiger partial charge in [0.15, 0.2) is 17.5 Å². The highest BCUT2D eigenvalue weighted by atomic mass is 19.3. The summed E-state index contributed by atoms with van der Waals surface area (Å²) >= 11 is 0. The summed E-state index contributed by atoms with van der Waals surface area (Å²) in [5.74, 6) is -3.44. The quantitative estimate of drug-likeness (QED) is 0.167. The number of likely N-dealkylation sites (tertiary alicyclic amines) is 1. The summed E-state index contributed by atoms with van der Waals surface area (Å²) in [6.07, 6.45) is 2.34. The second kappa shape index (κ2) is 13.0. The van der Waals surface area contributed by atoms with E-state index in [0.717, 1.165) is 18.9 Å². The lowest BCUT2D eigenvalue weighted by Gasteiger charge is -2.56. The average Bonchev–Trinajstić information content (AvgIpc) is 3.73. The summed E-state index contributed by atoms with van der Waals surface area (Å²) in [6, 6.07) is 4.56. The van der Waals surface area contributed by atoms with Gasteiger partial charge in [-0.25, -0.2) is 31.9 Å². The third kappa shape index (κ3) is 6.04. The van der Waals surface area contributed by atoms with Crippen LogP contribution in [0.3, 0.4) is 0 Å². The van der Waals surface area contributed by atoms with E-state index in [9.17, 15) is 22.8 Å². The first-order chi connectivity index (χ1) is 25.9. The number of alkyl halides is 3. The van der Waals surface area contributed by atoms with Crippen molar-refractivity contribution >= 4 is 40.0 Å². The number of carbonyl (C=O) groups is 2. The minimum atomic E-state index is -2.80. The van der Waals surface area contributed by atoms with E-state index in [2.05, 4.69) is 27.4 Å². The molecule has 8 rings (SSSR count). The normalized spacial score (nSPS) is 23.4. The molecule has 292 valence electrons. The Balaban J connectivity index is 1.16. The first-order valence-corrected chi connectivity index (χ1v) is 18.9. The Bertz CT molecular complexity index is 2220. The van der Waals surface area contributed by atoms with E-state index in [1.165, 1.54) is 6.92 Å². The highest BCUT2D eigenvalue weighted by molar-refractivity contribution is 6.08. The standard InChI is InChI=1S/C40H45F5N8O2/c1-20(2)52-19-47-28-15-26(48-34(32(28)52)49-27-14-25(21(3)30(42)31(27)43)35(54)50-40(9-10-40)36(44)45)22-13-29-33(46-18-22)38(4,5)37(55)53(29)24-16-39(6,17-24)51-11-7-23(41)8-12-51/h13-15,18-20,23-24,36H,7-12,16-17H2,1-6H3,(H,48,49)(H,50,54). The number of anilines is 3. The predicted octanol–water partition coefficient (Wildman–Crippen LogP) is 7.91. The number of hydrogen-bond acceptors (Lipinski definition) is 7. The van der Waals surface area contributed by atoms with Crippen LogP contribution in [0.2, 0.25) is 0 Å². The molecule has 0 radical (unpaired) electrons. The first kappa shape index (κ1) is 37.3. The van der Waals surface area contributed by atoms with Gasteiger partial charge in [0.25, 0.3) is 12.3 Å². The van der Waals surface area contributed by atoms with E-state index in [1.54, 1.807) is 18.6 Å². The lowest BCUT2D eigenvalue weighted by atomic mass is 9.71. The number of amides is 2. The van der Waals surface area contributed by atoms with Crippen LogP contribution in [0.5, 0.6) is 0 Å². The molecule has 2 aliphatic heterocycles. The molecule has 55 heavy (non-hydrogen) atoms. The molecule has 0 atom stereocenters. The predicted molar refractivity (Wildman–Crippen MR) is 199 cm³/mol. The zero-order valence-corrected chi connectivity index (χ0v) is 31.7. The smallest absolute Gasteiger partial charge is 0.261 e. The van der Waals surface area contributed by atoms with Gasteiger partial charge in [0.1, 0.15) is 17.2 Å². The molecule has 0 unspecified atom stereocenters. The zero-order valence-electron chi connectivity index (χ0n) is 31.7. The summed E-state index contributed by atoms with van der Waals surface area (Å²) in [4.78, 5) is 45.7. The van der Waals surface area contributed by atoms with E-state index < -0.39 is 46.8 Å². The maximum atomic E-state index is 15.7. The van der Waals surface area contributed by atoms with Gasteiger partial charge >= 0.3 is 0 Å². The Labute approximate surface area is 315 Å². The first-order valence-electron chi connectivity index (χ1n) is 18.9. The Morgan fingerprint density at radius 2 is 1.69 bits per heavy atom. The number of piperidine rings is 1. The summed E-state index contributed by atoms with van der Waals surface area (Å²) in [5, 5.41) is 5.23. The summed E-state index contributed by atoms with van der Waals surface area (Å²) in [7, 11) is 0. The fourth-order valence-electron chi connectivity index (χ4n) is 8.60. The van der Waals surface area contributed by atoms with E-state index >= 15 is 8.78 Å². The second-order valence-electron chi connectivity index (χ2n) is 16.8. The van der Waals surface area contributed by atoms with Crippen LogP contribution >= 0.6 is 0 Å². The van der Waals surface area contributed by atoms with Gasteiger partial charge < -0.3 is 20.1 Å². The van der Waals surface area contributed by atoms with E-state index in [1.807, 2.05) is 43.2 Å². The van der Waals surface area contributed by atoms with Gasteiger partial charge in [-0.05, 0) is 98.3 Å². The van der Waals surface area contributed by atoms with Crippen LogP contribution in [-0.4, -0.2) is 79.0 Å². The van der Waals surface area contributed by atoms with Crippen molar-refractivity contribution < 1.29 is 31.5 Å². The number of pyridine rings is 2. The number of nitrogens with one attached hydrogen (secondary N) is 2. The van der Waals surface area contributed by atoms with Crippen LogP contribution in [-0.2, 0) is 10.2 Å². The Hall–Kier alpha value is -4.66. The second-order valence-corrected chi connectivity index (χ2v) is 16.8. The van der Waals surface area contributed by atoms with Crippen LogP contribution < -0.4 is 15.5 Å². The molecule has 2 saturated carbocycles. The summed E-state index contributed by atoms with van der Waals surface area (Å²) in [5.41, 5.74) is -0.477. The number of hydrogen-bond donors (Lipinski definition) is 2. The van der Waals surface area contributed by atoms with Crippen molar-refractivity contribution in [1.82, 2.24) is 29.7 Å². The van der Waals surface area contributed by atoms with Gasteiger partial charge in [0.2, 0.25) is 5.91 Å². The lowest BCUT2D eigenvalue weighted by molar-refractivity contribution is -0.124. The van der Waals surface area contributed by atoms with Gasteiger partial charge in [-0.1, -0.05) is 0 Å². The summed E-state index contributed by atoms with van der Waals surface area (Å²) in [6.45, 7) is 12.4. The number of fused-ring (bicyclic) bond motifs is 2. The van der Waals surface area contributed by atoms with E-state index in [4.69, 9.17) is 9.97 Å². The van der Waals surface area contributed by atoms with E-state index in [0.29, 0.717) is 59.6 Å². The largest absolute Gasteiger partial charge is 0.341 e. The third-order valence-corrected chi connectivity index (χ3v) is 12.3. The van der Waals surface area contributed by atoms with Crippen molar-refractivity contribution in [3.8, 4) is 11.3 Å². The van der Waals surface area contributed by atoms with Gasteiger partial charge in [-0.2, -0.15) is 0 Å². The van der Waals surface area contributed by atoms with Gasteiger partial charge in [-0.15, -0.1) is 0 Å². The minimum Gasteiger partial charge on any atom is -0.341 e. The van der Waals surface area contributed by atoms with Crippen molar-refractivity contribution in [2.75, 3.05) is 23.3 Å². The van der Waals surface area contributed by atoms with Crippen LogP contribution in [0.4, 0.5) is 39.1 Å². The molecule has 1 saturated heterocycles. The van der Waals surface area contributed by atoms with Crippen molar-refractivity contribution in [1.29, 1.82) is 0 Å². The monoisotopic (exact) mass is 764 g/mol. The molecule has 5 heterocycles. The molecule has 0 spiro atoms. The molecule has 15 heteroatoms. The van der Waals surface area contributed by atoms with Gasteiger partial charge in [0, 0.05) is 53.6 Å². The zero-order chi connectivity index (χ0) is 39.4. The maximum Gasteiger partial charge on any atom is 0.261 e. The fourth-order valence-corrected chi connectivity index (χ4v) is 8.60. The average molecular weight is 765 g/mol. The molecule has 2 N–H and O–H groups in total. The maximum absolute atomic E-state index is 15.7. The molecule has 2 amide bonds. The van der Waals surface area contributed by atoms with Crippen molar-refractivity contribution in [3.05, 3.63) is 59.2 Å². The number of carbonyl (C=O) groups excluding carboxylic acids is 2. The highest BCUT2D eigenvalue weighted by Gasteiger charge is 2.55. The van der Waals surface area contributed by atoms with Crippen LogP contribution in [0.1, 0.15) is 101 Å². The third-order valence-electron chi connectivity index (χ3n) is 12.3. The number of aromatic nitrogens is 4. The van der Waals surface area contributed by atoms with Crippen molar-refractivity contribution in [3.63, 3.8) is 0 Å². The molecular weight excluding hydrogens is 719 g/mol. The molecule has 1 aromatic carbocycles. The highest BCUT2D eigenvalue weighted by Crippen LogP contribution is 2.50. The Kier molecular flexibility index (Phi) is 8.78. The molecule has 3 aromatic heterocycles. The molecule has 4 aromatic rings. The SMILES string of the molecule is Cc1c(C(=O)NC2(C(F)F)CC2)cc(Nc2nc(-c3cnc4c(c3)N(C3CC(C)(N5CCC(F)CC5)C3)C(=O)C4(C)C)cc3ncn(C(C)C)c23)c(F)c1F. The number of nitrogens with zero attached hydrogens (tertiary/aromatic N) is 6. The molecule has 0 bridgehead atoms. The fraction of sp³-hybridized carbons (Fsp3) is 0.525. The molecule has 10 nitrogen and oxygen atoms in total. The number of benzene rings is 1. The van der Waals surface area contributed by atoms with Crippen LogP contribution in [0, 0.1) is 18.6 Å². The molecule has 3 fully saturated rings. The Morgan fingerprint density at radius 1 is 1.00 bits per heavy atom. The van der Waals surface area contributed by atoms with Gasteiger partial charge in [0.05, 0.1) is 40.0 Å². The summed E-state index contributed by atoms with van der Waals surface area (Å²) < 4.78 is 74.2. The lowest BCUT2D eigenvalue weighted by Crippen LogP contribution is -2.64.